The number of pyridine rings is 1. The standard InChI is InChI=1S/C11H13FN2O3S/c12-10-4-3-8(6-13-10)11(15)14-7-9-2-1-5-18(9,16)17/h3-4,6,9H,1-2,5,7H2,(H,14,15). The molecule has 0 aliphatic carbocycles. The van der Waals surface area contributed by atoms with E-state index in [1.807, 2.05) is 0 Å². The van der Waals surface area contributed by atoms with Crippen LogP contribution in [0, 0.1) is 5.95 Å². The van der Waals surface area contributed by atoms with Crippen molar-refractivity contribution >= 4 is 15.7 Å². The van der Waals surface area contributed by atoms with Gasteiger partial charge < -0.3 is 5.32 Å². The van der Waals surface area contributed by atoms with Gasteiger partial charge in [-0.2, -0.15) is 4.39 Å². The smallest absolute Gasteiger partial charge is 0.252 e. The van der Waals surface area contributed by atoms with Crippen LogP contribution in [0.25, 0.3) is 0 Å². The summed E-state index contributed by atoms with van der Waals surface area (Å²) in [6.07, 6.45) is 2.33. The van der Waals surface area contributed by atoms with E-state index < -0.39 is 26.9 Å². The monoisotopic (exact) mass is 272 g/mol. The zero-order valence-electron chi connectivity index (χ0n) is 9.60. The first-order chi connectivity index (χ1) is 8.49. The lowest BCUT2D eigenvalue weighted by Crippen LogP contribution is -2.34. The molecule has 1 aromatic heterocycles. The Labute approximate surface area is 104 Å². The van der Waals surface area contributed by atoms with E-state index in [1.54, 1.807) is 0 Å². The lowest BCUT2D eigenvalue weighted by molar-refractivity contribution is 0.0953. The molecule has 1 amide bonds. The van der Waals surface area contributed by atoms with Gasteiger partial charge in [0.1, 0.15) is 0 Å². The highest BCUT2D eigenvalue weighted by Gasteiger charge is 2.31. The molecule has 1 unspecified atom stereocenters. The van der Waals surface area contributed by atoms with Crippen molar-refractivity contribution in [3.8, 4) is 0 Å². The Kier molecular flexibility index (Phi) is 3.60. The number of rotatable bonds is 3. The van der Waals surface area contributed by atoms with E-state index in [0.29, 0.717) is 12.8 Å². The van der Waals surface area contributed by atoms with Crippen molar-refractivity contribution in [1.82, 2.24) is 10.3 Å². The predicted octanol–water partition coefficient (Wildman–Crippen LogP) is 0.528. The fraction of sp³-hybridized carbons (Fsp3) is 0.455. The zero-order chi connectivity index (χ0) is 13.2. The molecule has 7 heteroatoms. The third-order valence-electron chi connectivity index (χ3n) is 2.94. The van der Waals surface area contributed by atoms with E-state index in [0.717, 1.165) is 12.3 Å². The van der Waals surface area contributed by atoms with Crippen molar-refractivity contribution in [2.75, 3.05) is 12.3 Å². The maximum absolute atomic E-state index is 12.6. The number of carbonyl (C=O) groups excluding carboxylic acids is 1. The van der Waals surface area contributed by atoms with Crippen LogP contribution in [0.4, 0.5) is 4.39 Å². The molecule has 1 aliphatic heterocycles. The number of carbonyl (C=O) groups is 1. The van der Waals surface area contributed by atoms with Gasteiger partial charge in [0.05, 0.1) is 16.6 Å². The molecule has 1 saturated heterocycles. The number of aromatic nitrogens is 1. The SMILES string of the molecule is O=C(NCC1CCCS1(=O)=O)c1ccc(F)nc1. The lowest BCUT2D eigenvalue weighted by atomic mass is 10.2. The van der Waals surface area contributed by atoms with Crippen molar-refractivity contribution in [3.63, 3.8) is 0 Å². The van der Waals surface area contributed by atoms with Gasteiger partial charge in [0, 0.05) is 12.7 Å². The molecule has 0 aromatic carbocycles. The van der Waals surface area contributed by atoms with Crippen molar-refractivity contribution in [2.45, 2.75) is 18.1 Å². The lowest BCUT2D eigenvalue weighted by Gasteiger charge is -2.10. The van der Waals surface area contributed by atoms with Gasteiger partial charge in [0.15, 0.2) is 9.84 Å². The Balaban J connectivity index is 1.95. The highest BCUT2D eigenvalue weighted by Crippen LogP contribution is 2.19. The first-order valence-corrected chi connectivity index (χ1v) is 7.32. The van der Waals surface area contributed by atoms with Crippen molar-refractivity contribution < 1.29 is 17.6 Å². The fourth-order valence-corrected chi connectivity index (χ4v) is 3.67. The normalized spacial score (nSPS) is 21.7. The highest BCUT2D eigenvalue weighted by atomic mass is 32.2. The number of halogens is 1. The first kappa shape index (κ1) is 12.9. The number of nitrogens with one attached hydrogen (secondary N) is 1. The maximum Gasteiger partial charge on any atom is 0.252 e. The molecule has 0 saturated carbocycles. The van der Waals surface area contributed by atoms with Crippen LogP contribution in [0.15, 0.2) is 18.3 Å². The number of hydrogen-bond acceptors (Lipinski definition) is 4. The van der Waals surface area contributed by atoms with Crippen LogP contribution >= 0.6 is 0 Å². The van der Waals surface area contributed by atoms with Crippen molar-refractivity contribution in [1.29, 1.82) is 0 Å². The molecular formula is C11H13FN2O3S. The molecule has 0 bridgehead atoms. The summed E-state index contributed by atoms with van der Waals surface area (Å²) in [5.41, 5.74) is 0.215. The first-order valence-electron chi connectivity index (χ1n) is 5.60. The molecule has 98 valence electrons. The van der Waals surface area contributed by atoms with E-state index in [-0.39, 0.29) is 17.9 Å². The summed E-state index contributed by atoms with van der Waals surface area (Å²) in [7, 11) is -3.06. The Morgan fingerprint density at radius 1 is 1.50 bits per heavy atom. The molecule has 0 radical (unpaired) electrons. The van der Waals surface area contributed by atoms with E-state index in [1.165, 1.54) is 6.07 Å². The van der Waals surface area contributed by atoms with E-state index in [4.69, 9.17) is 0 Å². The molecular weight excluding hydrogens is 259 g/mol. The van der Waals surface area contributed by atoms with E-state index in [2.05, 4.69) is 10.3 Å². The van der Waals surface area contributed by atoms with Gasteiger partial charge in [-0.1, -0.05) is 0 Å². The van der Waals surface area contributed by atoms with Crippen LogP contribution in [-0.4, -0.2) is 36.9 Å². The average Bonchev–Trinajstić information content (AvgIpc) is 2.66. The van der Waals surface area contributed by atoms with Gasteiger partial charge in [-0.25, -0.2) is 13.4 Å². The predicted molar refractivity (Wildman–Crippen MR) is 63.3 cm³/mol. The molecule has 18 heavy (non-hydrogen) atoms. The summed E-state index contributed by atoms with van der Waals surface area (Å²) in [4.78, 5) is 15.0. The molecule has 1 aromatic rings. The van der Waals surface area contributed by atoms with Gasteiger partial charge in [-0.3, -0.25) is 4.79 Å². The van der Waals surface area contributed by atoms with Crippen LogP contribution in [0.5, 0.6) is 0 Å². The molecule has 2 heterocycles. The fourth-order valence-electron chi connectivity index (χ4n) is 1.91. The highest BCUT2D eigenvalue weighted by molar-refractivity contribution is 7.92. The van der Waals surface area contributed by atoms with Gasteiger partial charge in [-0.05, 0) is 25.0 Å². The van der Waals surface area contributed by atoms with Gasteiger partial charge >= 0.3 is 0 Å². The van der Waals surface area contributed by atoms with Gasteiger partial charge in [0.2, 0.25) is 5.95 Å². The minimum absolute atomic E-state index is 0.0958. The Bertz CT molecular complexity index is 542. The second kappa shape index (κ2) is 5.01. The summed E-state index contributed by atoms with van der Waals surface area (Å²) in [5.74, 6) is -0.916. The minimum atomic E-state index is -3.06. The van der Waals surface area contributed by atoms with Gasteiger partial charge in [0.25, 0.3) is 5.91 Å². The van der Waals surface area contributed by atoms with Crippen LogP contribution < -0.4 is 5.32 Å². The summed E-state index contributed by atoms with van der Waals surface area (Å²) in [6, 6.07) is 2.39. The van der Waals surface area contributed by atoms with Crippen LogP contribution in [-0.2, 0) is 9.84 Å². The maximum atomic E-state index is 12.6. The van der Waals surface area contributed by atoms with Crippen molar-refractivity contribution in [2.24, 2.45) is 0 Å². The topological polar surface area (TPSA) is 76.1 Å². The molecule has 5 nitrogen and oxygen atoms in total. The Morgan fingerprint density at radius 3 is 2.83 bits per heavy atom. The second-order valence-corrected chi connectivity index (χ2v) is 6.61. The van der Waals surface area contributed by atoms with E-state index >= 15 is 0 Å². The van der Waals surface area contributed by atoms with Crippen LogP contribution in [0.2, 0.25) is 0 Å². The van der Waals surface area contributed by atoms with Crippen LogP contribution in [0.3, 0.4) is 0 Å². The average molecular weight is 272 g/mol. The molecule has 0 spiro atoms. The minimum Gasteiger partial charge on any atom is -0.351 e. The quantitative estimate of drug-likeness (QED) is 0.814. The Hall–Kier alpha value is -1.50. The zero-order valence-corrected chi connectivity index (χ0v) is 10.4. The molecule has 1 N–H and O–H groups in total. The summed E-state index contributed by atoms with van der Waals surface area (Å²) < 4.78 is 35.6. The molecule has 1 aliphatic rings. The third-order valence-corrected chi connectivity index (χ3v) is 5.22. The Morgan fingerprint density at radius 2 is 2.28 bits per heavy atom. The third kappa shape index (κ3) is 2.84. The summed E-state index contributed by atoms with van der Waals surface area (Å²) >= 11 is 0. The molecule has 2 rings (SSSR count). The molecule has 1 fully saturated rings. The number of nitrogens with zero attached hydrogens (tertiary/aromatic N) is 1. The summed E-state index contributed by atoms with van der Waals surface area (Å²) in [6.45, 7) is 0.0958. The molecule has 1 atom stereocenters. The second-order valence-electron chi connectivity index (χ2n) is 4.21. The summed E-state index contributed by atoms with van der Waals surface area (Å²) in [5, 5.41) is 2.03. The number of hydrogen-bond donors (Lipinski definition) is 1. The van der Waals surface area contributed by atoms with Crippen LogP contribution in [0.1, 0.15) is 23.2 Å². The van der Waals surface area contributed by atoms with Crippen molar-refractivity contribution in [3.05, 3.63) is 29.8 Å². The number of amides is 1. The van der Waals surface area contributed by atoms with Gasteiger partial charge in [-0.15, -0.1) is 0 Å². The van der Waals surface area contributed by atoms with E-state index in [9.17, 15) is 17.6 Å². The number of sulfone groups is 1. The largest absolute Gasteiger partial charge is 0.351 e.